The van der Waals surface area contributed by atoms with Crippen molar-refractivity contribution in [3.05, 3.63) is 79.6 Å². The number of allylic oxidation sites excluding steroid dienone is 4. The molecule has 43 heavy (non-hydrogen) atoms. The molecule has 0 fully saturated rings. The average Bonchev–Trinajstić information content (AvgIpc) is 2.91. The van der Waals surface area contributed by atoms with E-state index in [-0.39, 0.29) is 22.4 Å². The van der Waals surface area contributed by atoms with E-state index in [1.165, 1.54) is 0 Å². The minimum atomic E-state index is -0.475. The van der Waals surface area contributed by atoms with Crippen LogP contribution in [0.4, 0.5) is 0 Å². The van der Waals surface area contributed by atoms with Gasteiger partial charge in [-0.25, -0.2) is 0 Å². The van der Waals surface area contributed by atoms with Gasteiger partial charge >= 0.3 is 0 Å². The van der Waals surface area contributed by atoms with E-state index in [1.807, 2.05) is 43.3 Å². The van der Waals surface area contributed by atoms with Crippen LogP contribution in [0, 0.1) is 10.8 Å². The van der Waals surface area contributed by atoms with E-state index in [4.69, 9.17) is 25.8 Å². The first-order chi connectivity index (χ1) is 20.3. The maximum Gasteiger partial charge on any atom is 0.175 e. The highest BCUT2D eigenvalue weighted by molar-refractivity contribution is 9.10. The number of nitrogens with zero attached hydrogens (tertiary/aromatic N) is 1. The molecule has 0 N–H and O–H groups in total. The molecule has 2 aromatic rings. The van der Waals surface area contributed by atoms with Gasteiger partial charge in [0.05, 0.1) is 17.7 Å². The summed E-state index contributed by atoms with van der Waals surface area (Å²) in [7, 11) is 1.69. The van der Waals surface area contributed by atoms with E-state index >= 15 is 0 Å². The van der Waals surface area contributed by atoms with Gasteiger partial charge in [0.25, 0.3) is 0 Å². The van der Waals surface area contributed by atoms with Crippen molar-refractivity contribution in [1.29, 1.82) is 0 Å². The molecule has 1 aliphatic heterocycles. The summed E-state index contributed by atoms with van der Waals surface area (Å²) in [5, 5.41) is 0.668. The lowest BCUT2D eigenvalue weighted by atomic mass is 9.63. The lowest BCUT2D eigenvalue weighted by Gasteiger charge is -2.49. The Labute approximate surface area is 268 Å². The van der Waals surface area contributed by atoms with Crippen LogP contribution in [-0.4, -0.2) is 43.3 Å². The number of hydrogen-bond acceptors (Lipinski definition) is 6. The van der Waals surface area contributed by atoms with Crippen LogP contribution >= 0.6 is 27.5 Å². The van der Waals surface area contributed by atoms with Crippen LogP contribution in [0.3, 0.4) is 0 Å². The van der Waals surface area contributed by atoms with Gasteiger partial charge < -0.3 is 19.1 Å². The topological polar surface area (TPSA) is 65.1 Å². The second kappa shape index (κ2) is 12.4. The van der Waals surface area contributed by atoms with Crippen molar-refractivity contribution in [2.75, 3.05) is 26.9 Å². The van der Waals surface area contributed by atoms with Crippen LogP contribution in [-0.2, 0) is 20.9 Å². The maximum atomic E-state index is 14.1. The zero-order valence-corrected chi connectivity index (χ0v) is 28.3. The van der Waals surface area contributed by atoms with Crippen molar-refractivity contribution in [3.63, 3.8) is 0 Å². The first-order valence-corrected chi connectivity index (χ1v) is 16.1. The van der Waals surface area contributed by atoms with E-state index in [9.17, 15) is 9.59 Å². The predicted molar refractivity (Wildman–Crippen MR) is 173 cm³/mol. The van der Waals surface area contributed by atoms with Crippen molar-refractivity contribution < 1.29 is 23.8 Å². The number of carbonyl (C=O) groups excluding carboxylic acids is 2. The minimum Gasteiger partial charge on any atom is -0.490 e. The molecular weight excluding hydrogens is 630 g/mol. The highest BCUT2D eigenvalue weighted by Gasteiger charge is 2.49. The van der Waals surface area contributed by atoms with Gasteiger partial charge in [-0.05, 0) is 81.9 Å². The molecule has 3 aliphatic rings. The number of carbonyl (C=O) groups is 2. The number of halogens is 2. The molecular formula is C35H41BrClNO5. The van der Waals surface area contributed by atoms with E-state index in [2.05, 4.69) is 48.5 Å². The maximum absolute atomic E-state index is 14.1. The number of rotatable bonds is 9. The van der Waals surface area contributed by atoms with Gasteiger partial charge in [0.1, 0.15) is 6.61 Å². The lowest BCUT2D eigenvalue weighted by molar-refractivity contribution is -0.119. The molecule has 2 aliphatic carbocycles. The Hall–Kier alpha value is -2.61. The van der Waals surface area contributed by atoms with Crippen molar-refractivity contribution in [2.45, 2.75) is 72.8 Å². The Morgan fingerprint density at radius 2 is 1.49 bits per heavy atom. The summed E-state index contributed by atoms with van der Waals surface area (Å²) in [6, 6.07) is 11.5. The summed E-state index contributed by atoms with van der Waals surface area (Å²) in [5.41, 5.74) is 4.94. The SMILES string of the molecule is CCOc1cc(C2C3=C(CC(C)(C)CC3=O)N(CCOC)C3=C2C(=O)CC(C)(C)C3)cc(Br)c1OCc1ccc(Cl)cc1. The summed E-state index contributed by atoms with van der Waals surface area (Å²) in [6.07, 6.45) is 2.37. The summed E-state index contributed by atoms with van der Waals surface area (Å²) < 4.78 is 18.6. The molecule has 8 heteroatoms. The zero-order chi connectivity index (χ0) is 31.1. The van der Waals surface area contributed by atoms with Crippen molar-refractivity contribution in [1.82, 2.24) is 4.90 Å². The number of methoxy groups -OCH3 is 1. The summed E-state index contributed by atoms with van der Waals surface area (Å²) in [4.78, 5) is 30.4. The van der Waals surface area contributed by atoms with E-state index in [0.717, 1.165) is 46.5 Å². The number of ether oxygens (including phenoxy) is 3. The second-order valence-corrected chi connectivity index (χ2v) is 14.6. The standard InChI is InChI=1S/C35H41BrClNO5/c1-7-42-29-15-22(14-24(36)33(29)43-20-21-8-10-23(37)11-9-21)30-31-25(16-34(2,3)18-27(31)39)38(12-13-41-6)26-17-35(4,5)19-28(40)32(26)30/h8-11,14-15,30H,7,12-13,16-20H2,1-6H3. The average molecular weight is 671 g/mol. The highest BCUT2D eigenvalue weighted by atomic mass is 79.9. The van der Waals surface area contributed by atoms with Gasteiger partial charge in [0, 0.05) is 60.0 Å². The fourth-order valence-corrected chi connectivity index (χ4v) is 7.43. The summed E-state index contributed by atoms with van der Waals surface area (Å²) >= 11 is 9.82. The van der Waals surface area contributed by atoms with Crippen molar-refractivity contribution in [2.24, 2.45) is 10.8 Å². The third-order valence-corrected chi connectivity index (χ3v) is 9.34. The van der Waals surface area contributed by atoms with Crippen LogP contribution < -0.4 is 9.47 Å². The van der Waals surface area contributed by atoms with Crippen molar-refractivity contribution in [3.8, 4) is 11.5 Å². The molecule has 0 unspecified atom stereocenters. The monoisotopic (exact) mass is 669 g/mol. The largest absolute Gasteiger partial charge is 0.490 e. The molecule has 0 radical (unpaired) electrons. The molecule has 0 amide bonds. The first-order valence-electron chi connectivity index (χ1n) is 15.0. The quantitative estimate of drug-likeness (QED) is 0.267. The zero-order valence-electron chi connectivity index (χ0n) is 25.9. The van der Waals surface area contributed by atoms with E-state index in [1.54, 1.807) is 7.11 Å². The van der Waals surface area contributed by atoms with Gasteiger partial charge in [-0.2, -0.15) is 0 Å². The molecule has 2 aromatic carbocycles. The van der Waals surface area contributed by atoms with Crippen LogP contribution in [0.1, 0.15) is 77.3 Å². The normalized spacial score (nSPS) is 19.9. The van der Waals surface area contributed by atoms with Crippen molar-refractivity contribution >= 4 is 39.1 Å². The van der Waals surface area contributed by atoms with Crippen LogP contribution in [0.25, 0.3) is 0 Å². The van der Waals surface area contributed by atoms with Gasteiger partial charge in [-0.3, -0.25) is 9.59 Å². The molecule has 0 aromatic heterocycles. The number of benzene rings is 2. The highest BCUT2D eigenvalue weighted by Crippen LogP contribution is 2.55. The Morgan fingerprint density at radius 1 is 0.907 bits per heavy atom. The molecule has 6 nitrogen and oxygen atoms in total. The number of ketones is 2. The second-order valence-electron chi connectivity index (χ2n) is 13.4. The first kappa shape index (κ1) is 31.8. The fraction of sp³-hybridized carbons (Fsp3) is 0.486. The number of Topliss-reactive ketones (excluding diaryl/α,β-unsaturated/α-hetero) is 2. The van der Waals surface area contributed by atoms with Gasteiger partial charge in [-0.1, -0.05) is 51.4 Å². The molecule has 0 bridgehead atoms. The smallest absolute Gasteiger partial charge is 0.175 e. The summed E-state index contributed by atoms with van der Waals surface area (Å²) in [6.45, 7) is 12.4. The molecule has 230 valence electrons. The predicted octanol–water partition coefficient (Wildman–Crippen LogP) is 8.41. The fourth-order valence-electron chi connectivity index (χ4n) is 6.73. The van der Waals surface area contributed by atoms with Crippen LogP contribution in [0.15, 0.2) is 63.4 Å². The van der Waals surface area contributed by atoms with E-state index < -0.39 is 5.92 Å². The van der Waals surface area contributed by atoms with Crippen LogP contribution in [0.2, 0.25) is 5.02 Å². The Kier molecular flexibility index (Phi) is 9.18. The third-order valence-electron chi connectivity index (χ3n) is 8.50. The lowest BCUT2D eigenvalue weighted by Crippen LogP contribution is -2.45. The molecule has 0 saturated carbocycles. The molecule has 0 spiro atoms. The Bertz CT molecular complexity index is 1440. The molecule has 5 rings (SSSR count). The van der Waals surface area contributed by atoms with Crippen LogP contribution in [0.5, 0.6) is 11.5 Å². The number of hydrogen-bond donors (Lipinski definition) is 0. The molecule has 1 heterocycles. The third kappa shape index (κ3) is 6.59. The van der Waals surface area contributed by atoms with Gasteiger partial charge in [0.15, 0.2) is 23.1 Å². The Morgan fingerprint density at radius 3 is 2.02 bits per heavy atom. The summed E-state index contributed by atoms with van der Waals surface area (Å²) in [5.74, 6) is 0.865. The van der Waals surface area contributed by atoms with E-state index in [0.29, 0.717) is 60.2 Å². The van der Waals surface area contributed by atoms with Gasteiger partial charge in [-0.15, -0.1) is 0 Å². The minimum absolute atomic E-state index is 0.0972. The Balaban J connectivity index is 1.66. The molecule has 0 saturated heterocycles. The van der Waals surface area contributed by atoms with Gasteiger partial charge in [0.2, 0.25) is 0 Å². The molecule has 0 atom stereocenters.